The van der Waals surface area contributed by atoms with Crippen LogP contribution in [0.3, 0.4) is 0 Å². The van der Waals surface area contributed by atoms with Gasteiger partial charge < -0.3 is 9.72 Å². The third-order valence-corrected chi connectivity index (χ3v) is 4.27. The van der Waals surface area contributed by atoms with Crippen LogP contribution in [0.25, 0.3) is 16.9 Å². The fourth-order valence-corrected chi connectivity index (χ4v) is 3.04. The van der Waals surface area contributed by atoms with Crippen molar-refractivity contribution in [3.63, 3.8) is 0 Å². The van der Waals surface area contributed by atoms with Crippen molar-refractivity contribution in [2.24, 2.45) is 4.99 Å². The zero-order chi connectivity index (χ0) is 15.8. The standard InChI is InChI=1S/C19H20N4/c1-13-3-6-15(7-4-13)19-16(11-17-20-9-10-21-17)23-12-14(2)5-8-18(23)22-19/h3-8,12H,9-11H2,1-2H3,(H,20,21). The van der Waals surface area contributed by atoms with E-state index in [1.54, 1.807) is 0 Å². The fraction of sp³-hybridized carbons (Fsp3) is 0.263. The van der Waals surface area contributed by atoms with E-state index in [0.717, 1.165) is 42.3 Å². The highest BCUT2D eigenvalue weighted by atomic mass is 15.1. The molecule has 0 aliphatic carbocycles. The first-order valence-corrected chi connectivity index (χ1v) is 8.02. The summed E-state index contributed by atoms with van der Waals surface area (Å²) in [5.74, 6) is 1.06. The van der Waals surface area contributed by atoms with Crippen LogP contribution in [0.1, 0.15) is 16.8 Å². The summed E-state index contributed by atoms with van der Waals surface area (Å²) >= 11 is 0. The van der Waals surface area contributed by atoms with Crippen molar-refractivity contribution in [1.29, 1.82) is 0 Å². The SMILES string of the molecule is Cc1ccc(-c2nc3ccc(C)cn3c2CC2=NCCN2)cc1. The molecular weight excluding hydrogens is 284 g/mol. The van der Waals surface area contributed by atoms with Gasteiger partial charge in [-0.15, -0.1) is 0 Å². The molecule has 0 amide bonds. The van der Waals surface area contributed by atoms with Gasteiger partial charge in [0.1, 0.15) is 11.5 Å². The normalized spacial score (nSPS) is 14.1. The van der Waals surface area contributed by atoms with Crippen LogP contribution < -0.4 is 5.32 Å². The number of hydrogen-bond acceptors (Lipinski definition) is 3. The molecule has 0 radical (unpaired) electrons. The Morgan fingerprint density at radius 3 is 2.57 bits per heavy atom. The summed E-state index contributed by atoms with van der Waals surface area (Å²) in [5, 5.41) is 3.37. The first kappa shape index (κ1) is 14.0. The van der Waals surface area contributed by atoms with Crippen LogP contribution in [-0.4, -0.2) is 28.3 Å². The van der Waals surface area contributed by atoms with Gasteiger partial charge in [-0.1, -0.05) is 35.9 Å². The van der Waals surface area contributed by atoms with E-state index in [1.165, 1.54) is 16.8 Å². The second kappa shape index (κ2) is 5.54. The molecule has 3 aromatic rings. The number of nitrogens with zero attached hydrogens (tertiary/aromatic N) is 3. The molecular formula is C19H20N4. The highest BCUT2D eigenvalue weighted by Gasteiger charge is 2.17. The molecule has 2 aromatic heterocycles. The van der Waals surface area contributed by atoms with Crippen LogP contribution in [-0.2, 0) is 6.42 Å². The number of rotatable bonds is 3. The minimum absolute atomic E-state index is 0.786. The average molecular weight is 304 g/mol. The number of hydrogen-bond donors (Lipinski definition) is 1. The quantitative estimate of drug-likeness (QED) is 0.807. The zero-order valence-electron chi connectivity index (χ0n) is 13.5. The lowest BCUT2D eigenvalue weighted by Gasteiger charge is -2.07. The number of aryl methyl sites for hydroxylation is 2. The van der Waals surface area contributed by atoms with E-state index in [4.69, 9.17) is 4.98 Å². The molecule has 0 spiro atoms. The lowest BCUT2D eigenvalue weighted by atomic mass is 10.1. The molecule has 1 N–H and O–H groups in total. The number of pyridine rings is 1. The molecule has 4 nitrogen and oxygen atoms in total. The molecule has 0 fully saturated rings. The second-order valence-corrected chi connectivity index (χ2v) is 6.14. The van der Waals surface area contributed by atoms with Crippen molar-refractivity contribution in [2.45, 2.75) is 20.3 Å². The molecule has 0 unspecified atom stereocenters. The van der Waals surface area contributed by atoms with Crippen LogP contribution in [0.15, 0.2) is 47.6 Å². The van der Waals surface area contributed by atoms with Gasteiger partial charge in [-0.3, -0.25) is 4.99 Å². The predicted molar refractivity (Wildman–Crippen MR) is 94.1 cm³/mol. The molecule has 23 heavy (non-hydrogen) atoms. The van der Waals surface area contributed by atoms with Gasteiger partial charge in [-0.05, 0) is 25.5 Å². The van der Waals surface area contributed by atoms with Gasteiger partial charge in [0.05, 0.1) is 17.9 Å². The van der Waals surface area contributed by atoms with Crippen molar-refractivity contribution < 1.29 is 0 Å². The van der Waals surface area contributed by atoms with E-state index in [-0.39, 0.29) is 0 Å². The van der Waals surface area contributed by atoms with Crippen LogP contribution in [0.5, 0.6) is 0 Å². The van der Waals surface area contributed by atoms with Gasteiger partial charge in [0, 0.05) is 24.7 Å². The highest BCUT2D eigenvalue weighted by molar-refractivity contribution is 5.87. The van der Waals surface area contributed by atoms with E-state index in [1.807, 2.05) is 0 Å². The number of benzene rings is 1. The lowest BCUT2D eigenvalue weighted by Crippen LogP contribution is -2.21. The van der Waals surface area contributed by atoms with Gasteiger partial charge in [0.25, 0.3) is 0 Å². The van der Waals surface area contributed by atoms with Crippen LogP contribution in [0.4, 0.5) is 0 Å². The summed E-state index contributed by atoms with van der Waals surface area (Å²) in [6, 6.07) is 12.8. The number of imidazole rings is 1. The van der Waals surface area contributed by atoms with Crippen molar-refractivity contribution in [1.82, 2.24) is 14.7 Å². The number of aromatic nitrogens is 2. The van der Waals surface area contributed by atoms with Crippen molar-refractivity contribution in [2.75, 3.05) is 13.1 Å². The van der Waals surface area contributed by atoms with Crippen molar-refractivity contribution in [3.8, 4) is 11.3 Å². The van der Waals surface area contributed by atoms with Gasteiger partial charge in [-0.2, -0.15) is 0 Å². The summed E-state index contributed by atoms with van der Waals surface area (Å²) in [6.07, 6.45) is 2.94. The molecule has 1 aliphatic rings. The second-order valence-electron chi connectivity index (χ2n) is 6.14. The highest BCUT2D eigenvalue weighted by Crippen LogP contribution is 2.26. The molecule has 3 heterocycles. The maximum Gasteiger partial charge on any atom is 0.137 e. The minimum Gasteiger partial charge on any atom is -0.372 e. The topological polar surface area (TPSA) is 41.7 Å². The van der Waals surface area contributed by atoms with E-state index in [2.05, 4.69) is 71.2 Å². The number of nitrogens with one attached hydrogen (secondary N) is 1. The Bertz CT molecular complexity index is 888. The third kappa shape index (κ3) is 2.61. The summed E-state index contributed by atoms with van der Waals surface area (Å²) in [5.41, 5.74) is 6.88. The maximum atomic E-state index is 4.88. The molecule has 0 saturated heterocycles. The fourth-order valence-electron chi connectivity index (χ4n) is 3.04. The van der Waals surface area contributed by atoms with Gasteiger partial charge in [-0.25, -0.2) is 4.98 Å². The van der Waals surface area contributed by atoms with Gasteiger partial charge in [0.2, 0.25) is 0 Å². The Labute approximate surface area is 135 Å². The maximum absolute atomic E-state index is 4.88. The van der Waals surface area contributed by atoms with Crippen LogP contribution >= 0.6 is 0 Å². The lowest BCUT2D eigenvalue weighted by molar-refractivity contribution is 0.947. The summed E-state index contributed by atoms with van der Waals surface area (Å²) in [4.78, 5) is 9.43. The molecule has 4 heteroatoms. The van der Waals surface area contributed by atoms with E-state index in [0.29, 0.717) is 0 Å². The summed E-state index contributed by atoms with van der Waals surface area (Å²) in [7, 11) is 0. The first-order chi connectivity index (χ1) is 11.2. The van der Waals surface area contributed by atoms with Crippen LogP contribution in [0.2, 0.25) is 0 Å². The molecule has 0 bridgehead atoms. The zero-order valence-corrected chi connectivity index (χ0v) is 13.5. The monoisotopic (exact) mass is 304 g/mol. The molecule has 116 valence electrons. The van der Waals surface area contributed by atoms with E-state index < -0.39 is 0 Å². The molecule has 1 aliphatic heterocycles. The minimum atomic E-state index is 0.786. The molecule has 0 saturated carbocycles. The van der Waals surface area contributed by atoms with Gasteiger partial charge >= 0.3 is 0 Å². The van der Waals surface area contributed by atoms with E-state index >= 15 is 0 Å². The first-order valence-electron chi connectivity index (χ1n) is 8.02. The summed E-state index contributed by atoms with van der Waals surface area (Å²) in [6.45, 7) is 6.02. The Hall–Kier alpha value is -2.62. The van der Waals surface area contributed by atoms with Crippen molar-refractivity contribution in [3.05, 3.63) is 59.4 Å². The van der Waals surface area contributed by atoms with Gasteiger partial charge in [0.15, 0.2) is 0 Å². The van der Waals surface area contributed by atoms with Crippen molar-refractivity contribution >= 4 is 11.5 Å². The summed E-state index contributed by atoms with van der Waals surface area (Å²) < 4.78 is 2.20. The number of fused-ring (bicyclic) bond motifs is 1. The average Bonchev–Trinajstić information content (AvgIpc) is 3.17. The Balaban J connectivity index is 1.89. The van der Waals surface area contributed by atoms with Crippen LogP contribution in [0, 0.1) is 13.8 Å². The Morgan fingerprint density at radius 2 is 1.83 bits per heavy atom. The Morgan fingerprint density at radius 1 is 1.04 bits per heavy atom. The molecule has 4 rings (SSSR count). The predicted octanol–water partition coefficient (Wildman–Crippen LogP) is 3.16. The third-order valence-electron chi connectivity index (χ3n) is 4.27. The largest absolute Gasteiger partial charge is 0.372 e. The smallest absolute Gasteiger partial charge is 0.137 e. The molecule has 0 atom stereocenters. The number of amidine groups is 1. The van der Waals surface area contributed by atoms with E-state index in [9.17, 15) is 0 Å². The molecule has 1 aromatic carbocycles. The number of aliphatic imine (C=N–C) groups is 1. The Kier molecular flexibility index (Phi) is 3.37.